The summed E-state index contributed by atoms with van der Waals surface area (Å²) in [6, 6.07) is 17.2. The average Bonchev–Trinajstić information content (AvgIpc) is 3.16. The van der Waals surface area contributed by atoms with Crippen LogP contribution in [0.4, 0.5) is 0 Å². The summed E-state index contributed by atoms with van der Waals surface area (Å²) in [7, 11) is 0. The summed E-state index contributed by atoms with van der Waals surface area (Å²) in [6.45, 7) is 5.28. The van der Waals surface area contributed by atoms with Gasteiger partial charge in [-0.15, -0.1) is 12.4 Å². The number of esters is 1. The van der Waals surface area contributed by atoms with E-state index in [9.17, 15) is 4.79 Å². The number of halogens is 1. The fourth-order valence-corrected chi connectivity index (χ4v) is 3.19. The lowest BCUT2D eigenvalue weighted by Crippen LogP contribution is -2.28. The number of rotatable bonds is 7. The molecular weight excluding hydrogens is 350 g/mol. The van der Waals surface area contributed by atoms with Gasteiger partial charge in [0.25, 0.3) is 0 Å². The lowest BCUT2D eigenvalue weighted by Gasteiger charge is -2.24. The summed E-state index contributed by atoms with van der Waals surface area (Å²) in [5.41, 5.74) is 1.50. The minimum absolute atomic E-state index is 0. The highest BCUT2D eigenvalue weighted by Crippen LogP contribution is 2.25. The molecular formula is C21H26ClNO3. The largest absolute Gasteiger partial charge is 0.493 e. The second kappa shape index (κ2) is 10.2. The van der Waals surface area contributed by atoms with Gasteiger partial charge in [-0.1, -0.05) is 42.5 Å². The molecule has 0 amide bonds. The molecule has 1 unspecified atom stereocenters. The molecule has 1 aliphatic heterocycles. The first-order chi connectivity index (χ1) is 12.3. The van der Waals surface area contributed by atoms with Gasteiger partial charge in [-0.2, -0.15) is 0 Å². The monoisotopic (exact) mass is 375 g/mol. The highest BCUT2D eigenvalue weighted by molar-refractivity contribution is 5.92. The number of likely N-dealkylation sites (tertiary alicyclic amines) is 1. The van der Waals surface area contributed by atoms with Crippen LogP contribution in [0.25, 0.3) is 0 Å². The van der Waals surface area contributed by atoms with Crippen molar-refractivity contribution in [3.63, 3.8) is 0 Å². The van der Waals surface area contributed by atoms with Crippen LogP contribution < -0.4 is 4.74 Å². The van der Waals surface area contributed by atoms with Gasteiger partial charge in [-0.25, -0.2) is 4.79 Å². The van der Waals surface area contributed by atoms with Crippen molar-refractivity contribution in [3.05, 3.63) is 65.7 Å². The molecule has 2 aromatic rings. The molecule has 0 N–H and O–H groups in total. The zero-order valence-electron chi connectivity index (χ0n) is 15.1. The van der Waals surface area contributed by atoms with Crippen LogP contribution in [0.5, 0.6) is 5.75 Å². The van der Waals surface area contributed by atoms with Crippen LogP contribution in [-0.2, 0) is 4.74 Å². The Morgan fingerprint density at radius 2 is 1.69 bits per heavy atom. The summed E-state index contributed by atoms with van der Waals surface area (Å²) in [4.78, 5) is 15.1. The molecule has 5 heteroatoms. The minimum Gasteiger partial charge on any atom is -0.493 e. The Bertz CT molecular complexity index is 687. The molecule has 1 saturated heterocycles. The van der Waals surface area contributed by atoms with Crippen LogP contribution in [0.3, 0.4) is 0 Å². The summed E-state index contributed by atoms with van der Waals surface area (Å²) >= 11 is 0. The second-order valence-electron chi connectivity index (χ2n) is 6.24. The third-order valence-corrected chi connectivity index (χ3v) is 4.45. The van der Waals surface area contributed by atoms with E-state index in [1.165, 1.54) is 12.8 Å². The van der Waals surface area contributed by atoms with E-state index in [4.69, 9.17) is 9.47 Å². The van der Waals surface area contributed by atoms with Crippen LogP contribution in [0.1, 0.15) is 41.8 Å². The van der Waals surface area contributed by atoms with Crippen molar-refractivity contribution in [1.29, 1.82) is 0 Å². The maximum absolute atomic E-state index is 12.8. The molecule has 0 bridgehead atoms. The standard InChI is InChI=1S/C21H25NO3.ClH/c1-2-24-19-13-7-6-12-18(19)21(23)25-20(16-22-14-8-9-15-22)17-10-4-3-5-11-17;/h3-7,10-13,20H,2,8-9,14-16H2,1H3;1H. The van der Waals surface area contributed by atoms with Gasteiger partial charge in [0.1, 0.15) is 17.4 Å². The highest BCUT2D eigenvalue weighted by Gasteiger charge is 2.24. The number of para-hydroxylation sites is 1. The lowest BCUT2D eigenvalue weighted by molar-refractivity contribution is 0.0212. The Kier molecular flexibility index (Phi) is 7.95. The molecule has 1 heterocycles. The summed E-state index contributed by atoms with van der Waals surface area (Å²) in [6.07, 6.45) is 2.15. The molecule has 4 nitrogen and oxygen atoms in total. The maximum atomic E-state index is 12.8. The second-order valence-corrected chi connectivity index (χ2v) is 6.24. The number of ether oxygens (including phenoxy) is 2. The predicted molar refractivity (Wildman–Crippen MR) is 105 cm³/mol. The molecule has 1 atom stereocenters. The molecule has 0 aliphatic carbocycles. The fourth-order valence-electron chi connectivity index (χ4n) is 3.19. The number of hydrogen-bond donors (Lipinski definition) is 0. The molecule has 3 rings (SSSR count). The number of nitrogens with zero attached hydrogens (tertiary/aromatic N) is 1. The van der Waals surface area contributed by atoms with Crippen molar-refractivity contribution in [1.82, 2.24) is 4.90 Å². The van der Waals surface area contributed by atoms with Gasteiger partial charge in [0.15, 0.2) is 0 Å². The van der Waals surface area contributed by atoms with E-state index >= 15 is 0 Å². The molecule has 140 valence electrons. The van der Waals surface area contributed by atoms with Gasteiger partial charge < -0.3 is 9.47 Å². The summed E-state index contributed by atoms with van der Waals surface area (Å²) in [5.74, 6) is 0.236. The van der Waals surface area contributed by atoms with Crippen molar-refractivity contribution in [2.45, 2.75) is 25.9 Å². The van der Waals surface area contributed by atoms with E-state index in [1.807, 2.05) is 49.4 Å². The van der Waals surface area contributed by atoms with E-state index in [1.54, 1.807) is 12.1 Å². The molecule has 0 radical (unpaired) electrons. The Balaban J connectivity index is 0.00000243. The van der Waals surface area contributed by atoms with Crippen molar-refractivity contribution in [2.24, 2.45) is 0 Å². The number of hydrogen-bond acceptors (Lipinski definition) is 4. The van der Waals surface area contributed by atoms with E-state index in [2.05, 4.69) is 4.90 Å². The number of carbonyl (C=O) groups excluding carboxylic acids is 1. The topological polar surface area (TPSA) is 38.8 Å². The molecule has 1 aliphatic rings. The molecule has 0 aromatic heterocycles. The van der Waals surface area contributed by atoms with Gasteiger partial charge in [-0.3, -0.25) is 4.90 Å². The summed E-state index contributed by atoms with van der Waals surface area (Å²) in [5, 5.41) is 0. The molecule has 26 heavy (non-hydrogen) atoms. The zero-order valence-corrected chi connectivity index (χ0v) is 15.9. The van der Waals surface area contributed by atoms with Gasteiger partial charge >= 0.3 is 5.97 Å². The Labute approximate surface area is 161 Å². The average molecular weight is 376 g/mol. The normalized spacial score (nSPS) is 15.1. The first-order valence-electron chi connectivity index (χ1n) is 8.98. The van der Waals surface area contributed by atoms with Crippen LogP contribution >= 0.6 is 12.4 Å². The van der Waals surface area contributed by atoms with Crippen LogP contribution in [0.15, 0.2) is 54.6 Å². The van der Waals surface area contributed by atoms with Gasteiger partial charge in [0, 0.05) is 6.54 Å². The fraction of sp³-hybridized carbons (Fsp3) is 0.381. The van der Waals surface area contributed by atoms with Crippen molar-refractivity contribution >= 4 is 18.4 Å². The minimum atomic E-state index is -0.336. The molecule has 2 aromatic carbocycles. The Morgan fingerprint density at radius 1 is 1.04 bits per heavy atom. The third-order valence-electron chi connectivity index (χ3n) is 4.45. The van der Waals surface area contributed by atoms with Crippen molar-refractivity contribution in [3.8, 4) is 5.75 Å². The Hall–Kier alpha value is -2.04. The van der Waals surface area contributed by atoms with Crippen molar-refractivity contribution in [2.75, 3.05) is 26.2 Å². The van der Waals surface area contributed by atoms with E-state index < -0.39 is 0 Å². The number of benzene rings is 2. The van der Waals surface area contributed by atoms with Crippen LogP contribution in [0.2, 0.25) is 0 Å². The van der Waals surface area contributed by atoms with Gasteiger partial charge in [-0.05, 0) is 50.6 Å². The van der Waals surface area contributed by atoms with E-state index in [-0.39, 0.29) is 24.5 Å². The SMILES string of the molecule is CCOc1ccccc1C(=O)OC(CN1CCCC1)c1ccccc1.Cl. The lowest BCUT2D eigenvalue weighted by atomic mass is 10.1. The first kappa shape index (κ1) is 20.3. The number of carbonyl (C=O) groups is 1. The first-order valence-corrected chi connectivity index (χ1v) is 8.98. The molecule has 0 spiro atoms. The smallest absolute Gasteiger partial charge is 0.342 e. The molecule has 0 saturated carbocycles. The predicted octanol–water partition coefficient (Wildman–Crippen LogP) is 4.50. The van der Waals surface area contributed by atoms with Gasteiger partial charge in [0.2, 0.25) is 0 Å². The van der Waals surface area contributed by atoms with Crippen LogP contribution in [-0.4, -0.2) is 37.1 Å². The highest BCUT2D eigenvalue weighted by atomic mass is 35.5. The van der Waals surface area contributed by atoms with Crippen molar-refractivity contribution < 1.29 is 14.3 Å². The summed E-state index contributed by atoms with van der Waals surface area (Å²) < 4.78 is 11.5. The van der Waals surface area contributed by atoms with Crippen LogP contribution in [0, 0.1) is 0 Å². The Morgan fingerprint density at radius 3 is 2.38 bits per heavy atom. The molecule has 1 fully saturated rings. The van der Waals surface area contributed by atoms with Gasteiger partial charge in [0.05, 0.1) is 6.61 Å². The quantitative estimate of drug-likeness (QED) is 0.668. The third kappa shape index (κ3) is 5.23. The van der Waals surface area contributed by atoms with E-state index in [0.29, 0.717) is 17.9 Å². The zero-order chi connectivity index (χ0) is 17.5. The van der Waals surface area contributed by atoms with E-state index in [0.717, 1.165) is 25.2 Å². The maximum Gasteiger partial charge on any atom is 0.342 e.